The number of fused-ring (bicyclic) bond motifs is 1. The topological polar surface area (TPSA) is 132 Å². The van der Waals surface area contributed by atoms with Crippen LogP contribution in [-0.2, 0) is 0 Å². The van der Waals surface area contributed by atoms with Crippen molar-refractivity contribution in [2.75, 3.05) is 38.0 Å². The van der Waals surface area contributed by atoms with E-state index in [0.29, 0.717) is 28.2 Å². The number of nitrogens with zero attached hydrogens (tertiary/aromatic N) is 4. The predicted molar refractivity (Wildman–Crippen MR) is 131 cm³/mol. The summed E-state index contributed by atoms with van der Waals surface area (Å²) in [6.07, 6.45) is 5.67. The van der Waals surface area contributed by atoms with Crippen LogP contribution in [-0.4, -0.2) is 36.5 Å². The second kappa shape index (κ2) is 10.1. The minimum Gasteiger partial charge on any atom is -0.492 e. The number of benzene rings is 1. The lowest BCUT2D eigenvalue weighted by atomic mass is 9.60. The van der Waals surface area contributed by atoms with E-state index in [9.17, 15) is 9.59 Å². The molecule has 2 atom stereocenters. The van der Waals surface area contributed by atoms with Crippen molar-refractivity contribution in [1.29, 1.82) is 5.26 Å². The molecule has 2 unspecified atom stereocenters. The highest BCUT2D eigenvalue weighted by Crippen LogP contribution is 2.54. The summed E-state index contributed by atoms with van der Waals surface area (Å²) in [5, 5.41) is 7.71. The van der Waals surface area contributed by atoms with E-state index in [0.717, 1.165) is 38.8 Å². The van der Waals surface area contributed by atoms with Crippen molar-refractivity contribution in [3.63, 3.8) is 0 Å². The Balaban J connectivity index is 0.000000492. The average molecular weight is 475 g/mol. The third kappa shape index (κ3) is 4.13. The van der Waals surface area contributed by atoms with Gasteiger partial charge in [-0.25, -0.2) is 9.18 Å². The smallest absolute Gasteiger partial charge is 0.350 e. The Morgan fingerprint density at radius 2 is 1.91 bits per heavy atom. The molecular formula is C24H35FN6O3. The zero-order valence-corrected chi connectivity index (χ0v) is 20.4. The van der Waals surface area contributed by atoms with E-state index in [-0.39, 0.29) is 22.6 Å². The molecule has 2 aliphatic carbocycles. The largest absolute Gasteiger partial charge is 0.492 e. The van der Waals surface area contributed by atoms with Crippen molar-refractivity contribution in [2.24, 2.45) is 17.1 Å². The lowest BCUT2D eigenvalue weighted by molar-refractivity contribution is 0.0696. The molecule has 0 amide bonds. The van der Waals surface area contributed by atoms with E-state index in [4.69, 9.17) is 15.8 Å². The highest BCUT2D eigenvalue weighted by Gasteiger charge is 2.49. The number of aromatic nitrogens is 2. The summed E-state index contributed by atoms with van der Waals surface area (Å²) in [4.78, 5) is 27.3. The molecule has 186 valence electrons. The molecule has 1 saturated heterocycles. The Bertz CT molecular complexity index is 1210. The summed E-state index contributed by atoms with van der Waals surface area (Å²) in [6.45, 7) is 5.59. The third-order valence-corrected chi connectivity index (χ3v) is 7.38. The van der Waals surface area contributed by atoms with Crippen molar-refractivity contribution < 1.29 is 9.13 Å². The number of nitrogens with two attached hydrogens (primary N) is 2. The highest BCUT2D eigenvalue weighted by atomic mass is 19.1. The van der Waals surface area contributed by atoms with Gasteiger partial charge in [0.25, 0.3) is 5.56 Å². The maximum Gasteiger partial charge on any atom is 0.350 e. The van der Waals surface area contributed by atoms with Crippen LogP contribution in [0.5, 0.6) is 5.75 Å². The number of ether oxygens (including phenoxy) is 1. The molecule has 2 aromatic rings. The maximum atomic E-state index is 15.3. The minimum atomic E-state index is -0.703. The lowest BCUT2D eigenvalue weighted by Crippen LogP contribution is -2.44. The van der Waals surface area contributed by atoms with E-state index < -0.39 is 17.1 Å². The molecule has 10 heteroatoms. The van der Waals surface area contributed by atoms with Crippen molar-refractivity contribution in [3.05, 3.63) is 32.7 Å². The third-order valence-electron chi connectivity index (χ3n) is 7.38. The molecule has 2 heterocycles. The Morgan fingerprint density at radius 1 is 1.26 bits per heavy atom. The number of anilines is 1. The number of halogens is 1. The van der Waals surface area contributed by atoms with Crippen LogP contribution in [0, 0.1) is 28.5 Å². The van der Waals surface area contributed by atoms with Crippen molar-refractivity contribution in [1.82, 2.24) is 9.24 Å². The number of nitriles is 1. The van der Waals surface area contributed by atoms with E-state index in [1.54, 1.807) is 0 Å². The van der Waals surface area contributed by atoms with Gasteiger partial charge in [0, 0.05) is 25.6 Å². The van der Waals surface area contributed by atoms with Crippen LogP contribution < -0.4 is 32.5 Å². The first-order valence-corrected chi connectivity index (χ1v) is 11.8. The van der Waals surface area contributed by atoms with Crippen LogP contribution >= 0.6 is 0 Å². The molecule has 1 spiro atoms. The Morgan fingerprint density at radius 3 is 2.35 bits per heavy atom. The first-order valence-electron chi connectivity index (χ1n) is 11.8. The standard InChI is InChI=1S/C20H25FN4O3.C3H5N.CH5N/c1-11-5-6-20(11)7-8-23(10-20)16-14(21)9-13-15(17(16)28-2)24(12-3-4-12)19(27)25(22)18(13)26;1-2-3-4;1-2/h9,11-12H,3-8,10,22H2,1-2H3;2H2,1H3;2H2,1H3. The summed E-state index contributed by atoms with van der Waals surface area (Å²) in [7, 11) is 2.96. The number of rotatable bonds is 3. The van der Waals surface area contributed by atoms with E-state index in [1.807, 2.05) is 17.9 Å². The van der Waals surface area contributed by atoms with E-state index >= 15 is 4.39 Å². The average Bonchev–Trinajstić information content (AvgIpc) is 3.59. The van der Waals surface area contributed by atoms with Gasteiger partial charge in [0.15, 0.2) is 11.6 Å². The molecule has 0 radical (unpaired) electrons. The predicted octanol–water partition coefficient (Wildman–Crippen LogP) is 2.48. The number of hydrogen-bond donors (Lipinski definition) is 2. The summed E-state index contributed by atoms with van der Waals surface area (Å²) < 4.78 is 23.0. The molecule has 5 rings (SSSR count). The van der Waals surface area contributed by atoms with E-state index in [1.165, 1.54) is 31.2 Å². The van der Waals surface area contributed by atoms with Gasteiger partial charge in [-0.05, 0) is 56.6 Å². The number of methoxy groups -OCH3 is 1. The van der Waals surface area contributed by atoms with Gasteiger partial charge in [0.2, 0.25) is 0 Å². The molecule has 2 saturated carbocycles. The fourth-order valence-corrected chi connectivity index (χ4v) is 5.13. The van der Waals surface area contributed by atoms with Crippen LogP contribution in [0.4, 0.5) is 10.1 Å². The van der Waals surface area contributed by atoms with Crippen molar-refractivity contribution in [2.45, 2.75) is 58.4 Å². The van der Waals surface area contributed by atoms with Gasteiger partial charge < -0.3 is 21.2 Å². The van der Waals surface area contributed by atoms with Crippen LogP contribution in [0.15, 0.2) is 15.7 Å². The Labute approximate surface area is 198 Å². The highest BCUT2D eigenvalue weighted by molar-refractivity contribution is 5.91. The first-order chi connectivity index (χ1) is 16.3. The fraction of sp³-hybridized carbons (Fsp3) is 0.625. The molecule has 1 aromatic heterocycles. The van der Waals surface area contributed by atoms with Crippen molar-refractivity contribution in [3.8, 4) is 11.8 Å². The van der Waals surface area contributed by atoms with Crippen LogP contribution in [0.1, 0.15) is 58.4 Å². The molecule has 3 fully saturated rings. The second-order valence-corrected chi connectivity index (χ2v) is 9.18. The van der Waals surface area contributed by atoms with Gasteiger partial charge in [-0.15, -0.1) is 0 Å². The molecule has 3 aliphatic rings. The Hall–Kier alpha value is -3.06. The van der Waals surface area contributed by atoms with Crippen LogP contribution in [0.3, 0.4) is 0 Å². The molecule has 4 N–H and O–H groups in total. The molecule has 1 aliphatic heterocycles. The van der Waals surface area contributed by atoms with Gasteiger partial charge in [0.05, 0.1) is 18.6 Å². The van der Waals surface area contributed by atoms with Gasteiger partial charge in [0.1, 0.15) is 11.2 Å². The van der Waals surface area contributed by atoms with Crippen molar-refractivity contribution >= 4 is 16.6 Å². The first kappa shape index (κ1) is 25.6. The molecule has 0 bridgehead atoms. The van der Waals surface area contributed by atoms with Crippen LogP contribution in [0.25, 0.3) is 10.9 Å². The number of nitrogen functional groups attached to an aromatic ring is 1. The van der Waals surface area contributed by atoms with Crippen LogP contribution in [0.2, 0.25) is 0 Å². The summed E-state index contributed by atoms with van der Waals surface area (Å²) in [5.74, 6) is 6.07. The molecular weight excluding hydrogens is 439 g/mol. The second-order valence-electron chi connectivity index (χ2n) is 9.18. The lowest BCUT2D eigenvalue weighted by Gasteiger charge is -2.45. The zero-order valence-electron chi connectivity index (χ0n) is 20.4. The number of hydrogen-bond acceptors (Lipinski definition) is 7. The Kier molecular flexibility index (Phi) is 7.56. The monoisotopic (exact) mass is 474 g/mol. The summed E-state index contributed by atoms with van der Waals surface area (Å²) in [6, 6.07) is 3.11. The SMILES string of the molecule is CCC#N.CN.COc1c(N2CCC3(CCC3C)C2)c(F)cc2c(=O)n(N)c(=O)n(C3CC3)c12. The molecule has 9 nitrogen and oxygen atoms in total. The van der Waals surface area contributed by atoms with Gasteiger partial charge in [-0.3, -0.25) is 9.36 Å². The maximum absolute atomic E-state index is 15.3. The minimum absolute atomic E-state index is 0.0332. The quantitative estimate of drug-likeness (QED) is 0.653. The molecule has 1 aromatic carbocycles. The summed E-state index contributed by atoms with van der Waals surface area (Å²) in [5.41, 5.74) is 4.17. The normalized spacial score (nSPS) is 22.9. The summed E-state index contributed by atoms with van der Waals surface area (Å²) >= 11 is 0. The van der Waals surface area contributed by atoms with Gasteiger partial charge in [-0.2, -0.15) is 9.94 Å². The zero-order chi connectivity index (χ0) is 25.2. The van der Waals surface area contributed by atoms with Gasteiger partial charge in [-0.1, -0.05) is 13.8 Å². The van der Waals surface area contributed by atoms with E-state index in [2.05, 4.69) is 12.7 Å². The molecule has 34 heavy (non-hydrogen) atoms. The fourth-order valence-electron chi connectivity index (χ4n) is 5.13. The van der Waals surface area contributed by atoms with Gasteiger partial charge >= 0.3 is 5.69 Å².